The van der Waals surface area contributed by atoms with Crippen molar-refractivity contribution in [2.45, 2.75) is 13.2 Å². The molecule has 0 radical (unpaired) electrons. The number of aromatic nitrogens is 2. The van der Waals surface area contributed by atoms with E-state index in [9.17, 15) is 28.8 Å². The molecular weight excluding hydrogens is 901 g/mol. The zero-order chi connectivity index (χ0) is 45.5. The van der Waals surface area contributed by atoms with Gasteiger partial charge in [-0.1, -0.05) is 109 Å². The molecule has 0 amide bonds. The lowest BCUT2D eigenvalue weighted by Gasteiger charge is -2.11. The number of benzene rings is 7. The summed E-state index contributed by atoms with van der Waals surface area (Å²) in [4.78, 5) is 94.9. The molecule has 3 aromatic heterocycles. The lowest BCUT2D eigenvalue weighted by atomic mass is 10.0. The Bertz CT molecular complexity index is 3820. The van der Waals surface area contributed by atoms with Crippen LogP contribution in [0, 0.1) is 0 Å². The molecule has 0 atom stereocenters. The summed E-state index contributed by atoms with van der Waals surface area (Å²) in [5.74, 6) is -3.17. The highest BCUT2D eigenvalue weighted by molar-refractivity contribution is 7.33. The average Bonchev–Trinajstić information content (AvgIpc) is 4.14. The molecule has 0 unspecified atom stereocenters. The van der Waals surface area contributed by atoms with E-state index in [1.807, 2.05) is 109 Å². The molecule has 10 aromatic rings. The molecule has 2 aliphatic carbocycles. The molecule has 3 heterocycles. The number of thiazole rings is 2. The van der Waals surface area contributed by atoms with Gasteiger partial charge in [0, 0.05) is 27.6 Å². The number of hydrogen-bond acceptors (Lipinski definition) is 13. The molecule has 0 saturated carbocycles. The summed E-state index contributed by atoms with van der Waals surface area (Å²) in [7, 11) is 0. The van der Waals surface area contributed by atoms with E-state index < -0.39 is 35.1 Å². The Labute approximate surface area is 391 Å². The molecule has 0 bridgehead atoms. The second kappa shape index (κ2) is 15.8. The van der Waals surface area contributed by atoms with Crippen molar-refractivity contribution in [3.63, 3.8) is 0 Å². The first-order valence-corrected chi connectivity index (χ1v) is 23.4. The van der Waals surface area contributed by atoms with Gasteiger partial charge in [-0.05, 0) is 69.1 Å². The summed E-state index contributed by atoms with van der Waals surface area (Å²) in [6, 6.07) is 40.2. The number of nitrogens with zero attached hydrogens (tertiary/aromatic N) is 2. The van der Waals surface area contributed by atoms with E-state index >= 15 is 0 Å². The fourth-order valence-corrected chi connectivity index (χ4v) is 12.2. The van der Waals surface area contributed by atoms with Gasteiger partial charge in [0.25, 0.3) is 0 Å². The third kappa shape index (κ3) is 6.74. The zero-order valence-corrected chi connectivity index (χ0v) is 37.1. The fraction of sp³-hybridized carbons (Fsp3) is 0.0370. The summed E-state index contributed by atoms with van der Waals surface area (Å²) in [5, 5.41) is 4.20. The molecule has 7 aromatic carbocycles. The molecular formula is C54H28N2O8S3. The Morgan fingerprint density at radius 3 is 1.33 bits per heavy atom. The van der Waals surface area contributed by atoms with E-state index in [-0.39, 0.29) is 61.8 Å². The van der Waals surface area contributed by atoms with E-state index in [0.29, 0.717) is 35.8 Å². The molecule has 320 valence electrons. The van der Waals surface area contributed by atoms with Crippen molar-refractivity contribution in [2.24, 2.45) is 0 Å². The van der Waals surface area contributed by atoms with Crippen molar-refractivity contribution in [2.75, 3.05) is 0 Å². The summed E-state index contributed by atoms with van der Waals surface area (Å²) < 4.78 is 13.1. The third-order valence-corrected chi connectivity index (χ3v) is 15.2. The first kappa shape index (κ1) is 40.4. The number of hydrogen-bond donors (Lipinski definition) is 0. The summed E-state index contributed by atoms with van der Waals surface area (Å²) >= 11 is 3.33. The molecule has 13 heteroatoms. The molecule has 0 saturated heterocycles. The average molecular weight is 929 g/mol. The first-order valence-electron chi connectivity index (χ1n) is 21.0. The normalized spacial score (nSPS) is 13.4. The van der Waals surface area contributed by atoms with Crippen molar-refractivity contribution in [3.8, 4) is 0 Å². The van der Waals surface area contributed by atoms with Crippen LogP contribution in [0.1, 0.15) is 83.3 Å². The zero-order valence-electron chi connectivity index (χ0n) is 34.7. The van der Waals surface area contributed by atoms with Crippen molar-refractivity contribution in [3.05, 3.63) is 199 Å². The maximum absolute atomic E-state index is 14.7. The number of thiophene rings is 1. The summed E-state index contributed by atoms with van der Waals surface area (Å²) in [6.07, 6.45) is 2.89. The van der Waals surface area contributed by atoms with Crippen molar-refractivity contribution in [1.29, 1.82) is 0 Å². The minimum atomic E-state index is -0.719. The maximum Gasteiger partial charge on any atom is 0.342 e. The van der Waals surface area contributed by atoms with Crippen molar-refractivity contribution in [1.82, 2.24) is 9.97 Å². The van der Waals surface area contributed by atoms with Gasteiger partial charge in [-0.15, -0.1) is 34.0 Å². The van der Waals surface area contributed by atoms with Crippen LogP contribution in [0.5, 0.6) is 0 Å². The molecule has 0 aliphatic heterocycles. The minimum Gasteiger partial charge on any atom is -0.457 e. The number of allylic oxidation sites excluding steroid dienone is 2. The summed E-state index contributed by atoms with van der Waals surface area (Å²) in [5.41, 5.74) is 2.85. The van der Waals surface area contributed by atoms with E-state index in [1.54, 1.807) is 24.3 Å². The number of carbonyl (C=O) groups is 6. The predicted octanol–water partition coefficient (Wildman–Crippen LogP) is 12.1. The first-order chi connectivity index (χ1) is 32.7. The number of rotatable bonds is 8. The van der Waals surface area contributed by atoms with Gasteiger partial charge >= 0.3 is 11.9 Å². The number of Topliss-reactive ketones (excluding diaryl/α,β-unsaturated/α-hetero) is 4. The second-order valence-corrected chi connectivity index (χ2v) is 19.1. The largest absolute Gasteiger partial charge is 0.457 e. The molecule has 10 nitrogen and oxygen atoms in total. The lowest BCUT2D eigenvalue weighted by molar-refractivity contribution is 0.0465. The van der Waals surface area contributed by atoms with E-state index in [0.717, 1.165) is 66.7 Å². The van der Waals surface area contributed by atoms with Crippen LogP contribution in [0.15, 0.2) is 145 Å². The molecule has 0 fully saturated rings. The number of esters is 2. The fourth-order valence-electron chi connectivity index (χ4n) is 8.73. The van der Waals surface area contributed by atoms with Gasteiger partial charge in [-0.2, -0.15) is 0 Å². The maximum atomic E-state index is 14.7. The van der Waals surface area contributed by atoms with E-state index in [1.165, 1.54) is 12.2 Å². The van der Waals surface area contributed by atoms with Gasteiger partial charge in [0.05, 0.1) is 36.3 Å². The Kier molecular flexibility index (Phi) is 9.53. The second-order valence-electron chi connectivity index (χ2n) is 16.0. The Morgan fingerprint density at radius 1 is 0.463 bits per heavy atom. The van der Waals surface area contributed by atoms with E-state index in [2.05, 4.69) is 0 Å². The predicted molar refractivity (Wildman–Crippen MR) is 260 cm³/mol. The highest BCUT2D eigenvalue weighted by Crippen LogP contribution is 2.47. The van der Waals surface area contributed by atoms with Gasteiger partial charge in [0.2, 0.25) is 0 Å². The van der Waals surface area contributed by atoms with Crippen LogP contribution in [0.4, 0.5) is 0 Å². The number of ether oxygens (including phenoxy) is 2. The SMILES string of the molecule is O=C1C(=Cc2nc3c(C(=O)OCc4ccccc4)c4sc5nc(C=C6C(=O)c7cc8ccccc8cc7C6=O)sc5c4c(C(=O)OCc4ccccc4)c3s2)C(=O)c2cc3ccccc3cc21. The minimum absolute atomic E-state index is 0.0301. The number of fused-ring (bicyclic) bond motifs is 8. The highest BCUT2D eigenvalue weighted by atomic mass is 32.1. The molecule has 2 aliphatic rings. The quantitative estimate of drug-likeness (QED) is 0.0819. The third-order valence-electron chi connectivity index (χ3n) is 11.9. The van der Waals surface area contributed by atoms with Gasteiger partial charge in [0.1, 0.15) is 33.6 Å². The molecule has 0 spiro atoms. The number of ketones is 4. The van der Waals surface area contributed by atoms with Crippen LogP contribution >= 0.6 is 34.0 Å². The summed E-state index contributed by atoms with van der Waals surface area (Å²) in [6.45, 7) is -0.127. The van der Waals surface area contributed by atoms with Crippen LogP contribution in [-0.2, 0) is 22.7 Å². The molecule has 0 N–H and O–H groups in total. The lowest BCUT2D eigenvalue weighted by Crippen LogP contribution is -2.10. The Hall–Kier alpha value is -8.10. The number of carbonyl (C=O) groups excluding carboxylic acids is 6. The highest BCUT2D eigenvalue weighted by Gasteiger charge is 2.37. The molecule has 67 heavy (non-hydrogen) atoms. The van der Waals surface area contributed by atoms with E-state index in [4.69, 9.17) is 19.4 Å². The van der Waals surface area contributed by atoms with Gasteiger partial charge in [-0.3, -0.25) is 19.2 Å². The van der Waals surface area contributed by atoms with Crippen molar-refractivity contribution < 1.29 is 38.2 Å². The van der Waals surface area contributed by atoms with Gasteiger partial charge in [0.15, 0.2) is 23.1 Å². The standard InChI is InChI=1S/C54H28N2O8S3/c57-45-33-19-29-15-7-8-16-30(29)20-34(33)46(58)37(45)23-39-55-44-43(54(62)64-26-28-13-5-2-6-14-28)49-41(42(50(44)65-39)53(61)63-25-27-11-3-1-4-12-27)51-52(67-49)56-40(66-51)24-38-47(59)35-21-31-17-9-10-18-32(31)22-36(35)48(38)60/h1-24H,25-26H2. The smallest absolute Gasteiger partial charge is 0.342 e. The topological polar surface area (TPSA) is 147 Å². The monoisotopic (exact) mass is 928 g/mol. The van der Waals surface area contributed by atoms with Crippen LogP contribution in [0.3, 0.4) is 0 Å². The molecule has 12 rings (SSSR count). The van der Waals surface area contributed by atoms with Crippen LogP contribution < -0.4 is 0 Å². The Morgan fingerprint density at radius 2 is 0.866 bits per heavy atom. The van der Waals surface area contributed by atoms with Gasteiger partial charge in [-0.25, -0.2) is 19.6 Å². The van der Waals surface area contributed by atoms with Crippen LogP contribution in [-0.4, -0.2) is 45.0 Å². The van der Waals surface area contributed by atoms with Crippen LogP contribution in [0.2, 0.25) is 0 Å². The van der Waals surface area contributed by atoms with Crippen molar-refractivity contribution >= 4 is 133 Å². The van der Waals surface area contributed by atoms with Gasteiger partial charge < -0.3 is 9.47 Å². The van der Waals surface area contributed by atoms with Crippen LogP contribution in [0.25, 0.3) is 63.5 Å². The Balaban J connectivity index is 1.04.